The SMILES string of the molecule is CCC(=O)Oc1ccc2c3c(c4cc(OC)c(OC)cc4c2c1)CN1CCCC1C3. The minimum absolute atomic E-state index is 0.225. The Labute approximate surface area is 176 Å². The average molecular weight is 405 g/mol. The first kappa shape index (κ1) is 19.2. The smallest absolute Gasteiger partial charge is 0.310 e. The van der Waals surface area contributed by atoms with Crippen molar-refractivity contribution in [2.45, 2.75) is 45.2 Å². The van der Waals surface area contributed by atoms with Crippen molar-refractivity contribution >= 4 is 27.5 Å². The van der Waals surface area contributed by atoms with E-state index in [-0.39, 0.29) is 5.97 Å². The molecule has 0 saturated carbocycles. The topological polar surface area (TPSA) is 48.0 Å². The fraction of sp³-hybridized carbons (Fsp3) is 0.400. The lowest BCUT2D eigenvalue weighted by atomic mass is 9.85. The molecule has 0 aromatic heterocycles. The zero-order valence-electron chi connectivity index (χ0n) is 17.8. The minimum Gasteiger partial charge on any atom is -0.493 e. The maximum atomic E-state index is 11.9. The summed E-state index contributed by atoms with van der Waals surface area (Å²) in [6, 6.07) is 10.8. The molecule has 3 aromatic carbocycles. The molecule has 1 saturated heterocycles. The summed E-state index contributed by atoms with van der Waals surface area (Å²) in [5.74, 6) is 1.81. The number of benzene rings is 3. The van der Waals surface area contributed by atoms with Crippen LogP contribution in [0.3, 0.4) is 0 Å². The van der Waals surface area contributed by atoms with E-state index in [1.165, 1.54) is 41.3 Å². The van der Waals surface area contributed by atoms with Crippen LogP contribution in [0, 0.1) is 0 Å². The third kappa shape index (κ3) is 3.00. The van der Waals surface area contributed by atoms with Gasteiger partial charge in [-0.15, -0.1) is 0 Å². The molecule has 3 aromatic rings. The molecule has 5 nitrogen and oxygen atoms in total. The van der Waals surface area contributed by atoms with E-state index >= 15 is 0 Å². The molecule has 156 valence electrons. The Morgan fingerprint density at radius 1 is 1.00 bits per heavy atom. The Morgan fingerprint density at radius 2 is 1.73 bits per heavy atom. The van der Waals surface area contributed by atoms with Gasteiger partial charge < -0.3 is 14.2 Å². The molecule has 0 amide bonds. The highest BCUT2D eigenvalue weighted by molar-refractivity contribution is 6.12. The van der Waals surface area contributed by atoms with Gasteiger partial charge in [-0.25, -0.2) is 0 Å². The highest BCUT2D eigenvalue weighted by Gasteiger charge is 2.32. The summed E-state index contributed by atoms with van der Waals surface area (Å²) in [6.45, 7) is 3.94. The van der Waals surface area contributed by atoms with Gasteiger partial charge in [0.15, 0.2) is 11.5 Å². The van der Waals surface area contributed by atoms with Gasteiger partial charge in [0.05, 0.1) is 14.2 Å². The van der Waals surface area contributed by atoms with Gasteiger partial charge in [-0.05, 0) is 82.7 Å². The van der Waals surface area contributed by atoms with E-state index in [1.54, 1.807) is 21.1 Å². The first-order valence-corrected chi connectivity index (χ1v) is 10.7. The fourth-order valence-electron chi connectivity index (χ4n) is 5.14. The van der Waals surface area contributed by atoms with Crippen molar-refractivity contribution in [3.63, 3.8) is 0 Å². The number of carbonyl (C=O) groups is 1. The molecule has 1 unspecified atom stereocenters. The van der Waals surface area contributed by atoms with Crippen molar-refractivity contribution in [2.24, 2.45) is 0 Å². The predicted octanol–water partition coefficient (Wildman–Crippen LogP) is 4.85. The molecular formula is C25H27NO4. The van der Waals surface area contributed by atoms with E-state index in [0.717, 1.165) is 29.5 Å². The molecule has 1 atom stereocenters. The first-order chi connectivity index (χ1) is 14.6. The van der Waals surface area contributed by atoms with E-state index in [4.69, 9.17) is 14.2 Å². The zero-order chi connectivity index (χ0) is 20.8. The second-order valence-electron chi connectivity index (χ2n) is 8.22. The van der Waals surface area contributed by atoms with Crippen molar-refractivity contribution < 1.29 is 19.0 Å². The maximum Gasteiger partial charge on any atom is 0.310 e. The molecule has 1 fully saturated rings. The van der Waals surface area contributed by atoms with E-state index in [2.05, 4.69) is 23.1 Å². The highest BCUT2D eigenvalue weighted by atomic mass is 16.5. The van der Waals surface area contributed by atoms with Crippen LogP contribution < -0.4 is 14.2 Å². The van der Waals surface area contributed by atoms with E-state index in [0.29, 0.717) is 24.0 Å². The van der Waals surface area contributed by atoms with Gasteiger partial charge in [-0.2, -0.15) is 0 Å². The lowest BCUT2D eigenvalue weighted by molar-refractivity contribution is -0.134. The molecule has 5 heteroatoms. The summed E-state index contributed by atoms with van der Waals surface area (Å²) in [6.07, 6.45) is 3.94. The molecule has 2 aliphatic rings. The van der Waals surface area contributed by atoms with Gasteiger partial charge in [-0.1, -0.05) is 13.0 Å². The van der Waals surface area contributed by atoms with Crippen LogP contribution in [0.2, 0.25) is 0 Å². The molecule has 2 aliphatic heterocycles. The quantitative estimate of drug-likeness (QED) is 0.353. The zero-order valence-corrected chi connectivity index (χ0v) is 17.8. The molecule has 0 radical (unpaired) electrons. The van der Waals surface area contributed by atoms with Crippen molar-refractivity contribution in [1.82, 2.24) is 4.90 Å². The number of esters is 1. The number of methoxy groups -OCH3 is 2. The van der Waals surface area contributed by atoms with Crippen molar-refractivity contribution in [3.8, 4) is 17.2 Å². The van der Waals surface area contributed by atoms with Gasteiger partial charge in [0.25, 0.3) is 0 Å². The Hall–Kier alpha value is -2.79. The standard InChI is InChI=1S/C25H27NO4/c1-4-25(27)30-16-7-8-17-18-10-15-6-5-9-26(15)14-22(18)21-13-24(29-3)23(28-2)12-20(21)19(17)11-16/h7-8,11-13,15H,4-6,9-10,14H2,1-3H3. The van der Waals surface area contributed by atoms with E-state index in [1.807, 2.05) is 12.1 Å². The van der Waals surface area contributed by atoms with Gasteiger partial charge in [0.1, 0.15) is 5.75 Å². The Bertz CT molecular complexity index is 1150. The van der Waals surface area contributed by atoms with Crippen molar-refractivity contribution in [3.05, 3.63) is 41.5 Å². The molecule has 0 spiro atoms. The van der Waals surface area contributed by atoms with Crippen LogP contribution >= 0.6 is 0 Å². The summed E-state index contributed by atoms with van der Waals surface area (Å²) in [5, 5.41) is 4.64. The van der Waals surface area contributed by atoms with Gasteiger partial charge in [-0.3, -0.25) is 9.69 Å². The molecule has 30 heavy (non-hydrogen) atoms. The molecular weight excluding hydrogens is 378 g/mol. The third-order valence-corrected chi connectivity index (χ3v) is 6.64. The molecule has 0 aliphatic carbocycles. The van der Waals surface area contributed by atoms with Crippen LogP contribution in [0.15, 0.2) is 30.3 Å². The number of hydrogen-bond donors (Lipinski definition) is 0. The van der Waals surface area contributed by atoms with E-state index in [9.17, 15) is 4.79 Å². The van der Waals surface area contributed by atoms with Crippen LogP contribution in [0.4, 0.5) is 0 Å². The third-order valence-electron chi connectivity index (χ3n) is 6.64. The average Bonchev–Trinajstić information content (AvgIpc) is 3.24. The number of carbonyl (C=O) groups excluding carboxylic acids is 1. The number of fused-ring (bicyclic) bond motifs is 7. The van der Waals surface area contributed by atoms with Crippen molar-refractivity contribution in [1.29, 1.82) is 0 Å². The van der Waals surface area contributed by atoms with Crippen LogP contribution in [0.5, 0.6) is 17.2 Å². The van der Waals surface area contributed by atoms with Crippen LogP contribution in [0.25, 0.3) is 21.5 Å². The number of hydrogen-bond acceptors (Lipinski definition) is 5. The molecule has 5 rings (SSSR count). The fourth-order valence-corrected chi connectivity index (χ4v) is 5.14. The van der Waals surface area contributed by atoms with Crippen LogP contribution in [0.1, 0.15) is 37.3 Å². The van der Waals surface area contributed by atoms with Crippen LogP contribution in [-0.4, -0.2) is 37.7 Å². The predicted molar refractivity (Wildman–Crippen MR) is 118 cm³/mol. The number of ether oxygens (including phenoxy) is 3. The maximum absolute atomic E-state index is 11.9. The second kappa shape index (κ2) is 7.47. The van der Waals surface area contributed by atoms with Gasteiger partial charge in [0, 0.05) is 19.0 Å². The largest absolute Gasteiger partial charge is 0.493 e. The Balaban J connectivity index is 1.80. The summed E-state index contributed by atoms with van der Waals surface area (Å²) in [4.78, 5) is 14.5. The number of nitrogens with zero attached hydrogens (tertiary/aromatic N) is 1. The second-order valence-corrected chi connectivity index (χ2v) is 8.22. The lowest BCUT2D eigenvalue weighted by Gasteiger charge is -2.33. The normalized spacial score (nSPS) is 18.3. The number of rotatable bonds is 4. The minimum atomic E-state index is -0.225. The van der Waals surface area contributed by atoms with E-state index < -0.39 is 0 Å². The van der Waals surface area contributed by atoms with Gasteiger partial charge in [0.2, 0.25) is 0 Å². The lowest BCUT2D eigenvalue weighted by Crippen LogP contribution is -2.35. The monoisotopic (exact) mass is 405 g/mol. The van der Waals surface area contributed by atoms with Crippen molar-refractivity contribution in [2.75, 3.05) is 20.8 Å². The summed E-state index contributed by atoms with van der Waals surface area (Å²) >= 11 is 0. The summed E-state index contributed by atoms with van der Waals surface area (Å²) < 4.78 is 16.7. The van der Waals surface area contributed by atoms with Crippen LogP contribution in [-0.2, 0) is 17.8 Å². The molecule has 2 heterocycles. The first-order valence-electron chi connectivity index (χ1n) is 10.7. The Kier molecular flexibility index (Phi) is 4.78. The summed E-state index contributed by atoms with van der Waals surface area (Å²) in [5.41, 5.74) is 2.80. The van der Waals surface area contributed by atoms with Gasteiger partial charge >= 0.3 is 5.97 Å². The highest BCUT2D eigenvalue weighted by Crippen LogP contribution is 2.44. The summed E-state index contributed by atoms with van der Waals surface area (Å²) in [7, 11) is 3.34. The molecule has 0 bridgehead atoms. The Morgan fingerprint density at radius 3 is 2.47 bits per heavy atom. The molecule has 0 N–H and O–H groups in total.